The number of carboxylic acid groups (broad SMARTS) is 2. The van der Waals surface area contributed by atoms with Crippen molar-refractivity contribution in [2.24, 2.45) is 77.2 Å². The smallest absolute Gasteiger partial charge is 0.306 e. The number of ether oxygens (including phenoxy) is 2. The van der Waals surface area contributed by atoms with Crippen LogP contribution >= 0.6 is 11.8 Å². The molecule has 0 aliphatic heterocycles. The van der Waals surface area contributed by atoms with E-state index in [0.29, 0.717) is 64.0 Å². The van der Waals surface area contributed by atoms with Gasteiger partial charge in [0.05, 0.1) is 76.3 Å². The maximum atomic E-state index is 14.1. The molecule has 0 heterocycles. The lowest BCUT2D eigenvalue weighted by Gasteiger charge is -2.31. The molecule has 0 rings (SSSR count). The number of carbonyl (C=O) groups is 9. The highest BCUT2D eigenvalue weighted by molar-refractivity contribution is 7.99. The average molecular weight is 1590 g/mol. The number of hydrogen-bond donors (Lipinski definition) is 17. The topological polar surface area (TPSA) is 585 Å². The molecule has 0 spiro atoms. The number of guanidine groups is 4. The number of ketones is 1. The maximum Gasteiger partial charge on any atom is 0.306 e. The Labute approximate surface area is 662 Å². The Kier molecular flexibility index (Phi) is 67.0. The third kappa shape index (κ3) is 78.8. The molecule has 0 aromatic carbocycles. The number of unbranched alkanes of at least 4 members (excludes halogenated alkanes) is 9. The number of aliphatic carboxylic acids is 2. The standard InChI is InChI=1S/C36H73N11O4S.C15H33N7O.2C10H18O5.C4H10O/c1-9-10-11-12-13-14-15-16-17-18-19-52-23-27(20-26(2)48)32(51)47(24-43-30(49)28(21-41-33(37)38)45-35(3,4)5)25-44-31(50)29(22-42-34(39)40)46-36(6,7)8;1-15(2,3)7-6-12(23)22(10-4-8-20-13(16)17)11-5-9-21-14(18)19;2*1-3-8(11)6-7(2)15-10(14)5-4-9(12)13;1-3-4(2)5/h27-29,45-46H,9-25H2,1-8H3,(H,43,49)(H,44,50)(H4,37,38,41)(H4,39,40,42);4-11H2,1-3H3,(H4,16,17,20)(H4,18,19,21);2*7-8,11H,3-6H2,1-2H3,(H,12,13);4-5H,3H2,1-2H3/t27?,28-,29+;;;;. The number of amides is 4. The van der Waals surface area contributed by atoms with Crippen molar-refractivity contribution in [2.75, 3.05) is 64.1 Å². The van der Waals surface area contributed by atoms with Gasteiger partial charge in [-0.3, -0.25) is 69.0 Å². The Morgan fingerprint density at radius 3 is 1.16 bits per heavy atom. The largest absolute Gasteiger partial charge is 0.481 e. The SMILES string of the molecule is CC(C)(C)CCC(=O)N(CCCN=C(N)N)CCCN=C(N)N.CCC(C)O.CCC(O)CC(C)OC(=O)CCC(=O)O.CCC(O)CC(C)OC(=O)CCC(=O)O.CCCCCCCCCCCCSCC(CC(C)=O)C(=O)N(CNC(=O)[C@H](CN=C(N)N)NC(C)(C)C)CNC(=O)[C@@H](CN=C(N)N)NC(C)(C)C. The summed E-state index contributed by atoms with van der Waals surface area (Å²) in [6.07, 6.45) is 15.6. The van der Waals surface area contributed by atoms with Crippen molar-refractivity contribution in [2.45, 2.75) is 325 Å². The minimum absolute atomic E-state index is 0.0242. The van der Waals surface area contributed by atoms with Crippen LogP contribution in [0.4, 0.5) is 0 Å². The van der Waals surface area contributed by atoms with Crippen LogP contribution in [0.2, 0.25) is 0 Å². The summed E-state index contributed by atoms with van der Waals surface area (Å²) < 4.78 is 9.82. The van der Waals surface area contributed by atoms with E-state index >= 15 is 0 Å². The normalized spacial score (nSPS) is 13.2. The number of aliphatic hydroxyl groups excluding tert-OH is 3. The van der Waals surface area contributed by atoms with Crippen LogP contribution < -0.4 is 67.1 Å². The second kappa shape index (κ2) is 66.3. The highest BCUT2D eigenvalue weighted by atomic mass is 32.2. The van der Waals surface area contributed by atoms with Gasteiger partial charge < -0.3 is 106 Å². The van der Waals surface area contributed by atoms with Crippen molar-refractivity contribution in [3.63, 3.8) is 0 Å². The zero-order chi connectivity index (χ0) is 85.6. The number of aliphatic imine (C=N–C) groups is 4. The zero-order valence-electron chi connectivity index (χ0n) is 70.1. The Balaban J connectivity index is -0.000000513. The predicted molar refractivity (Wildman–Crippen MR) is 440 cm³/mol. The number of Topliss-reactive ketones (excluding diaryl/α,β-unsaturated/α-hetero) is 1. The van der Waals surface area contributed by atoms with E-state index < -0.39 is 77.0 Å². The van der Waals surface area contributed by atoms with Gasteiger partial charge in [-0.05, 0) is 125 Å². The van der Waals surface area contributed by atoms with Crippen molar-refractivity contribution >= 4 is 88.9 Å². The van der Waals surface area contributed by atoms with Crippen LogP contribution in [0.3, 0.4) is 0 Å². The van der Waals surface area contributed by atoms with E-state index in [4.69, 9.17) is 70.7 Å². The highest BCUT2D eigenvalue weighted by Gasteiger charge is 2.31. The van der Waals surface area contributed by atoms with Crippen LogP contribution in [-0.4, -0.2) is 230 Å². The lowest BCUT2D eigenvalue weighted by atomic mass is 9.90. The molecule has 4 amide bonds. The summed E-state index contributed by atoms with van der Waals surface area (Å²) in [6, 6.07) is -1.61. The Morgan fingerprint density at radius 1 is 0.491 bits per heavy atom. The van der Waals surface area contributed by atoms with Gasteiger partial charge in [0.1, 0.15) is 30.1 Å². The summed E-state index contributed by atoms with van der Waals surface area (Å²) in [5.74, 6) is -3.83. The third-order valence-electron chi connectivity index (χ3n) is 15.5. The zero-order valence-corrected chi connectivity index (χ0v) is 70.9. The minimum Gasteiger partial charge on any atom is -0.481 e. The molecule has 110 heavy (non-hydrogen) atoms. The summed E-state index contributed by atoms with van der Waals surface area (Å²) in [4.78, 5) is 127. The van der Waals surface area contributed by atoms with E-state index in [-0.39, 0.29) is 124 Å². The number of hydrogen-bond acceptors (Lipinski definition) is 21. The first-order chi connectivity index (χ1) is 51.0. The number of aliphatic hydroxyl groups is 3. The number of esters is 2. The number of nitrogens with zero attached hydrogens (tertiary/aromatic N) is 6. The molecule has 644 valence electrons. The molecule has 0 fully saturated rings. The molecule has 6 unspecified atom stereocenters. The van der Waals surface area contributed by atoms with Gasteiger partial charge in [-0.15, -0.1) is 0 Å². The molecule has 0 aliphatic rings. The van der Waals surface area contributed by atoms with E-state index in [1.165, 1.54) is 63.2 Å². The molecule has 0 aromatic rings. The second-order valence-electron chi connectivity index (χ2n) is 30.6. The van der Waals surface area contributed by atoms with E-state index in [1.807, 2.05) is 67.2 Å². The van der Waals surface area contributed by atoms with Crippen LogP contribution in [0.25, 0.3) is 0 Å². The monoisotopic (exact) mass is 1590 g/mol. The number of nitrogens with one attached hydrogen (secondary N) is 4. The molecular weight excluding hydrogens is 1440 g/mol. The molecule has 0 saturated heterocycles. The van der Waals surface area contributed by atoms with Crippen LogP contribution in [0, 0.1) is 11.3 Å². The lowest BCUT2D eigenvalue weighted by Crippen LogP contribution is -2.58. The van der Waals surface area contributed by atoms with Crippen LogP contribution in [-0.2, 0) is 52.6 Å². The van der Waals surface area contributed by atoms with Gasteiger partial charge in [-0.2, -0.15) is 11.8 Å². The van der Waals surface area contributed by atoms with Gasteiger partial charge in [-0.25, -0.2) is 0 Å². The number of carbonyl (C=O) groups excluding carboxylic acids is 7. The molecule has 0 radical (unpaired) electrons. The fourth-order valence-corrected chi connectivity index (χ4v) is 10.6. The summed E-state index contributed by atoms with van der Waals surface area (Å²) >= 11 is 1.65. The number of carboxylic acids is 2. The first kappa shape index (κ1) is 111. The van der Waals surface area contributed by atoms with E-state index in [0.717, 1.165) is 44.3 Å². The molecule has 25 N–H and O–H groups in total. The van der Waals surface area contributed by atoms with E-state index in [1.54, 1.807) is 32.5 Å². The number of nitrogens with two attached hydrogens (primary N) is 8. The summed E-state index contributed by atoms with van der Waals surface area (Å²) in [5.41, 5.74) is 42.6. The molecule has 0 saturated carbocycles. The first-order valence-electron chi connectivity index (χ1n) is 38.9. The Hall–Kier alpha value is -7.34. The molecule has 0 aromatic heterocycles. The maximum absolute atomic E-state index is 14.1. The number of thioether (sulfide) groups is 1. The average Bonchev–Trinajstić information content (AvgIpc) is 0.860. The highest BCUT2D eigenvalue weighted by Crippen LogP contribution is 2.22. The Morgan fingerprint density at radius 2 is 0.855 bits per heavy atom. The van der Waals surface area contributed by atoms with Crippen molar-refractivity contribution in [1.82, 2.24) is 31.1 Å². The summed E-state index contributed by atoms with van der Waals surface area (Å²) in [7, 11) is 0. The molecule has 8 atom stereocenters. The Bertz CT molecular complexity index is 2520. The van der Waals surface area contributed by atoms with Gasteiger partial charge in [0, 0.05) is 68.7 Å². The molecule has 0 aliphatic carbocycles. The summed E-state index contributed by atoms with van der Waals surface area (Å²) in [5, 5.41) is 55.6. The van der Waals surface area contributed by atoms with Crippen LogP contribution in [0.15, 0.2) is 20.0 Å². The fourth-order valence-electron chi connectivity index (χ4n) is 9.49. The van der Waals surface area contributed by atoms with Gasteiger partial charge >= 0.3 is 23.9 Å². The van der Waals surface area contributed by atoms with Crippen LogP contribution in [0.1, 0.15) is 272 Å². The van der Waals surface area contributed by atoms with Crippen molar-refractivity contribution in [1.29, 1.82) is 0 Å². The van der Waals surface area contributed by atoms with Gasteiger partial charge in [0.15, 0.2) is 23.8 Å². The molecule has 0 bridgehead atoms. The molecule has 35 heteroatoms. The van der Waals surface area contributed by atoms with Crippen molar-refractivity contribution in [3.05, 3.63) is 0 Å². The van der Waals surface area contributed by atoms with Gasteiger partial charge in [0.25, 0.3) is 0 Å². The van der Waals surface area contributed by atoms with E-state index in [9.17, 15) is 53.4 Å². The predicted octanol–water partition coefficient (Wildman–Crippen LogP) is 4.91. The fraction of sp³-hybridized carbons (Fsp3) is 0.827. The quantitative estimate of drug-likeness (QED) is 0.0126. The summed E-state index contributed by atoms with van der Waals surface area (Å²) in [6.45, 7) is 34.0. The lowest BCUT2D eigenvalue weighted by molar-refractivity contribution is -0.152. The third-order valence-corrected chi connectivity index (χ3v) is 16.7. The first-order valence-corrected chi connectivity index (χ1v) is 40.0. The minimum atomic E-state index is -1.02. The van der Waals surface area contributed by atoms with E-state index in [2.05, 4.69) is 68.9 Å². The molecule has 34 nitrogen and oxygen atoms in total. The molecular formula is C75H152N18O16S. The van der Waals surface area contributed by atoms with Crippen molar-refractivity contribution < 1.29 is 78.2 Å². The second-order valence-corrected chi connectivity index (χ2v) is 31.7. The number of rotatable bonds is 53. The van der Waals surface area contributed by atoms with Gasteiger partial charge in [-0.1, -0.05) is 106 Å². The van der Waals surface area contributed by atoms with Crippen LogP contribution in [0.5, 0.6) is 0 Å². The van der Waals surface area contributed by atoms with Gasteiger partial charge in [0.2, 0.25) is 23.6 Å². The van der Waals surface area contributed by atoms with Crippen molar-refractivity contribution in [3.8, 4) is 0 Å².